The topological polar surface area (TPSA) is 81.2 Å². The molecule has 6 atom stereocenters. The van der Waals surface area contributed by atoms with E-state index < -0.39 is 27.4 Å². The molecular weight excluding hydrogens is 450 g/mol. The molecule has 0 saturated carbocycles. The number of hydrogen-bond acceptors (Lipinski definition) is 5. The third-order valence-electron chi connectivity index (χ3n) is 8.09. The third-order valence-corrected chi connectivity index (χ3v) is 9.88. The fraction of sp³-hybridized carbons (Fsp3) is 0.731. The van der Waals surface area contributed by atoms with Crippen LogP contribution < -0.4 is 0 Å². The predicted octanol–water partition coefficient (Wildman–Crippen LogP) is 2.45. The monoisotopic (exact) mass is 489 g/mol. The van der Waals surface area contributed by atoms with Crippen molar-refractivity contribution in [2.45, 2.75) is 74.5 Å². The Kier molecular flexibility index (Phi) is 7.21. The van der Waals surface area contributed by atoms with Gasteiger partial charge in [-0.1, -0.05) is 37.6 Å². The molecule has 7 nitrogen and oxygen atoms in total. The van der Waals surface area contributed by atoms with Crippen LogP contribution in [0.3, 0.4) is 0 Å². The molecule has 2 unspecified atom stereocenters. The van der Waals surface area contributed by atoms with Crippen LogP contribution in [-0.2, 0) is 14.4 Å². The lowest BCUT2D eigenvalue weighted by Crippen LogP contribution is -2.55. The molecule has 4 heterocycles. The van der Waals surface area contributed by atoms with Gasteiger partial charge in [0.05, 0.1) is 16.6 Å². The van der Waals surface area contributed by atoms with Gasteiger partial charge in [0.25, 0.3) is 0 Å². The number of rotatable bonds is 8. The van der Waals surface area contributed by atoms with Gasteiger partial charge in [-0.2, -0.15) is 0 Å². The summed E-state index contributed by atoms with van der Waals surface area (Å²) < 4.78 is -1.30. The second kappa shape index (κ2) is 9.69. The summed E-state index contributed by atoms with van der Waals surface area (Å²) in [5.74, 6) is -1.16. The Labute approximate surface area is 207 Å². The number of carbonyl (C=O) groups excluding carboxylic acids is 3. The van der Waals surface area contributed by atoms with Gasteiger partial charge in [-0.05, 0) is 39.5 Å². The van der Waals surface area contributed by atoms with Gasteiger partial charge in [0.1, 0.15) is 6.04 Å². The quantitative estimate of drug-likeness (QED) is 0.418. The molecule has 2 fully saturated rings. The fourth-order valence-electron chi connectivity index (χ4n) is 6.44. The maximum absolute atomic E-state index is 14.2. The molecule has 0 aromatic heterocycles. The summed E-state index contributed by atoms with van der Waals surface area (Å²) in [6, 6.07) is -0.528. The Morgan fingerprint density at radius 1 is 1.06 bits per heavy atom. The molecular formula is C26H39N3O4S. The van der Waals surface area contributed by atoms with Crippen LogP contribution >= 0.6 is 11.8 Å². The number of amides is 3. The molecule has 188 valence electrons. The van der Waals surface area contributed by atoms with Crippen molar-refractivity contribution in [3.8, 4) is 0 Å². The summed E-state index contributed by atoms with van der Waals surface area (Å²) in [6.07, 6.45) is 12.4. The first-order chi connectivity index (χ1) is 16.2. The van der Waals surface area contributed by atoms with Crippen LogP contribution in [0.5, 0.6) is 0 Å². The van der Waals surface area contributed by atoms with Gasteiger partial charge in [-0.25, -0.2) is 0 Å². The normalized spacial score (nSPS) is 35.9. The highest BCUT2D eigenvalue weighted by Crippen LogP contribution is 2.65. The first-order valence-corrected chi connectivity index (χ1v) is 13.6. The summed E-state index contributed by atoms with van der Waals surface area (Å²) in [5.41, 5.74) is 0. The van der Waals surface area contributed by atoms with E-state index in [2.05, 4.69) is 39.0 Å². The van der Waals surface area contributed by atoms with E-state index in [1.807, 2.05) is 11.0 Å². The number of hydrogen-bond donors (Lipinski definition) is 1. The van der Waals surface area contributed by atoms with Crippen molar-refractivity contribution >= 4 is 29.5 Å². The lowest BCUT2D eigenvalue weighted by Gasteiger charge is -2.38. The molecule has 0 bridgehead atoms. The SMILES string of the molecule is CCCC(C)N1CC=C[C@]23S[C@@]4(C)C=CCN(C)C(=O)[C@H]4[C@H]2C(=O)N(CCCCCO)C3C1=O. The van der Waals surface area contributed by atoms with Crippen molar-refractivity contribution in [3.05, 3.63) is 24.3 Å². The van der Waals surface area contributed by atoms with E-state index in [-0.39, 0.29) is 30.4 Å². The molecule has 1 N–H and O–H groups in total. The number of thioether (sulfide) groups is 1. The van der Waals surface area contributed by atoms with Crippen molar-refractivity contribution in [3.63, 3.8) is 0 Å². The van der Waals surface area contributed by atoms with Gasteiger partial charge >= 0.3 is 0 Å². The van der Waals surface area contributed by atoms with Gasteiger partial charge in [0, 0.05) is 44.1 Å². The van der Waals surface area contributed by atoms with Crippen LogP contribution in [0.4, 0.5) is 0 Å². The van der Waals surface area contributed by atoms with Gasteiger partial charge in [0.2, 0.25) is 17.7 Å². The van der Waals surface area contributed by atoms with Gasteiger partial charge in [0.15, 0.2) is 0 Å². The smallest absolute Gasteiger partial charge is 0.247 e. The van der Waals surface area contributed by atoms with E-state index in [1.54, 1.807) is 28.6 Å². The van der Waals surface area contributed by atoms with Gasteiger partial charge in [-0.3, -0.25) is 14.4 Å². The van der Waals surface area contributed by atoms with Crippen molar-refractivity contribution in [1.29, 1.82) is 0 Å². The van der Waals surface area contributed by atoms with Crippen LogP contribution in [0.25, 0.3) is 0 Å². The maximum Gasteiger partial charge on any atom is 0.247 e. The molecule has 0 aromatic rings. The molecule has 2 saturated heterocycles. The molecule has 0 aliphatic carbocycles. The van der Waals surface area contributed by atoms with Crippen LogP contribution in [0.1, 0.15) is 52.9 Å². The van der Waals surface area contributed by atoms with Crippen LogP contribution in [0, 0.1) is 11.8 Å². The highest BCUT2D eigenvalue weighted by molar-refractivity contribution is 8.02. The predicted molar refractivity (Wildman–Crippen MR) is 134 cm³/mol. The third kappa shape index (κ3) is 3.91. The van der Waals surface area contributed by atoms with E-state index in [9.17, 15) is 19.5 Å². The van der Waals surface area contributed by atoms with Crippen LogP contribution in [0.15, 0.2) is 24.3 Å². The van der Waals surface area contributed by atoms with Crippen molar-refractivity contribution in [2.24, 2.45) is 11.8 Å². The Morgan fingerprint density at radius 3 is 2.50 bits per heavy atom. The number of nitrogens with zero attached hydrogens (tertiary/aromatic N) is 3. The summed E-state index contributed by atoms with van der Waals surface area (Å²) in [6.45, 7) is 7.92. The second-order valence-corrected chi connectivity index (χ2v) is 12.3. The number of likely N-dealkylation sites (N-methyl/N-ethyl adjacent to an activating group) is 1. The van der Waals surface area contributed by atoms with E-state index in [1.165, 1.54) is 0 Å². The number of carbonyl (C=O) groups is 3. The molecule has 4 aliphatic rings. The lowest BCUT2D eigenvalue weighted by molar-refractivity contribution is -0.145. The first-order valence-electron chi connectivity index (χ1n) is 12.7. The Morgan fingerprint density at radius 2 is 1.79 bits per heavy atom. The number of fused-ring (bicyclic) bond motifs is 2. The molecule has 3 amide bonds. The largest absolute Gasteiger partial charge is 0.396 e. The van der Waals surface area contributed by atoms with Crippen LogP contribution in [-0.4, -0.2) is 92.4 Å². The molecule has 4 aliphatic heterocycles. The molecule has 1 spiro atoms. The van der Waals surface area contributed by atoms with Crippen LogP contribution in [0.2, 0.25) is 0 Å². The molecule has 0 aromatic carbocycles. The van der Waals surface area contributed by atoms with E-state index in [4.69, 9.17) is 0 Å². The Balaban J connectivity index is 1.78. The molecule has 4 rings (SSSR count). The average Bonchev–Trinajstić information content (AvgIpc) is 3.06. The lowest BCUT2D eigenvalue weighted by atomic mass is 9.74. The zero-order chi connectivity index (χ0) is 24.7. The van der Waals surface area contributed by atoms with E-state index in [0.29, 0.717) is 26.1 Å². The van der Waals surface area contributed by atoms with Crippen molar-refractivity contribution < 1.29 is 19.5 Å². The number of likely N-dealkylation sites (tertiary alicyclic amines) is 1. The minimum Gasteiger partial charge on any atom is -0.396 e. The highest BCUT2D eigenvalue weighted by Gasteiger charge is 2.73. The minimum absolute atomic E-state index is 0.00120. The second-order valence-electron chi connectivity index (χ2n) is 10.5. The van der Waals surface area contributed by atoms with Gasteiger partial charge < -0.3 is 19.8 Å². The van der Waals surface area contributed by atoms with E-state index in [0.717, 1.165) is 25.7 Å². The number of aliphatic hydroxyl groups excluding tert-OH is 1. The van der Waals surface area contributed by atoms with Gasteiger partial charge in [-0.15, -0.1) is 11.8 Å². The summed E-state index contributed by atoms with van der Waals surface area (Å²) in [7, 11) is 1.79. The number of unbranched alkanes of at least 4 members (excludes halogenated alkanes) is 2. The fourth-order valence-corrected chi connectivity index (χ4v) is 8.60. The Bertz CT molecular complexity index is 891. The maximum atomic E-state index is 14.2. The molecule has 34 heavy (non-hydrogen) atoms. The average molecular weight is 490 g/mol. The standard InChI is InChI=1S/C26H39N3O4S/c1-5-11-18(2)28-16-10-13-26-20(19-22(31)27(4)14-9-12-25(19,3)34-26)23(32)29(21(26)24(28)33)15-7-6-8-17-30/h9-10,12-13,18-21,30H,5-8,11,14-17H2,1-4H3/t18?,19-,20+,21?,25+,26+/m1/s1. The van der Waals surface area contributed by atoms with Crippen molar-refractivity contribution in [2.75, 3.05) is 33.3 Å². The summed E-state index contributed by atoms with van der Waals surface area (Å²) in [5, 5.41) is 9.19. The van der Waals surface area contributed by atoms with Crippen molar-refractivity contribution in [1.82, 2.24) is 14.7 Å². The molecule has 8 heteroatoms. The minimum atomic E-state index is -0.760. The number of aliphatic hydroxyl groups is 1. The molecule has 0 radical (unpaired) electrons. The summed E-state index contributed by atoms with van der Waals surface area (Å²) in [4.78, 5) is 47.3. The first kappa shape index (κ1) is 25.3. The zero-order valence-corrected chi connectivity index (χ0v) is 21.7. The zero-order valence-electron chi connectivity index (χ0n) is 20.9. The van der Waals surface area contributed by atoms with E-state index >= 15 is 0 Å². The summed E-state index contributed by atoms with van der Waals surface area (Å²) >= 11 is 1.64. The Hall–Kier alpha value is -1.80. The highest BCUT2D eigenvalue weighted by atomic mass is 32.2.